The van der Waals surface area contributed by atoms with Gasteiger partial charge in [0.1, 0.15) is 17.6 Å². The van der Waals surface area contributed by atoms with Crippen molar-refractivity contribution in [2.45, 2.75) is 45.2 Å². The second-order valence-electron chi connectivity index (χ2n) is 5.08. The molecule has 2 heterocycles. The number of hydrogen-bond donors (Lipinski definition) is 2. The summed E-state index contributed by atoms with van der Waals surface area (Å²) in [7, 11) is 0. The number of amides is 3. The molecule has 6 heteroatoms. The first-order chi connectivity index (χ1) is 9.52. The number of nitrogens with one attached hydrogen (secondary N) is 1. The Morgan fingerprint density at radius 1 is 1.55 bits per heavy atom. The lowest BCUT2D eigenvalue weighted by molar-refractivity contribution is -0.134. The van der Waals surface area contributed by atoms with Crippen LogP contribution in [0, 0.1) is 0 Å². The number of carbonyl (C=O) groups is 2. The highest BCUT2D eigenvalue weighted by atomic mass is 16.3. The molecule has 3 amide bonds. The van der Waals surface area contributed by atoms with Crippen LogP contribution in [-0.2, 0) is 11.2 Å². The van der Waals surface area contributed by atoms with Crippen LogP contribution in [0.1, 0.15) is 44.3 Å². The van der Waals surface area contributed by atoms with E-state index in [1.54, 1.807) is 11.8 Å². The number of urea groups is 1. The number of aryl methyl sites for hydroxylation is 1. The maximum atomic E-state index is 12.4. The lowest BCUT2D eigenvalue weighted by Crippen LogP contribution is -2.48. The number of rotatable bonds is 4. The Morgan fingerprint density at radius 3 is 2.90 bits per heavy atom. The molecule has 1 fully saturated rings. The number of furan rings is 1. The highest BCUT2D eigenvalue weighted by molar-refractivity contribution is 5.86. The quantitative estimate of drug-likeness (QED) is 0.876. The Morgan fingerprint density at radius 2 is 2.30 bits per heavy atom. The summed E-state index contributed by atoms with van der Waals surface area (Å²) in [6.45, 7) is 4.34. The second kappa shape index (κ2) is 5.98. The van der Waals surface area contributed by atoms with Gasteiger partial charge in [-0.05, 0) is 31.9 Å². The number of likely N-dealkylation sites (tertiary alicyclic amines) is 1. The molecule has 0 unspecified atom stereocenters. The molecular weight excluding hydrogens is 258 g/mol. The Balaban J connectivity index is 2.10. The first kappa shape index (κ1) is 14.4. The molecular formula is C14H21N3O3. The maximum Gasteiger partial charge on any atom is 0.312 e. The zero-order chi connectivity index (χ0) is 14.7. The number of primary amides is 1. The van der Waals surface area contributed by atoms with Gasteiger partial charge in [-0.2, -0.15) is 0 Å². The fourth-order valence-corrected chi connectivity index (χ4v) is 2.61. The van der Waals surface area contributed by atoms with Gasteiger partial charge in [0.05, 0.1) is 6.04 Å². The third-order valence-electron chi connectivity index (χ3n) is 3.62. The van der Waals surface area contributed by atoms with Gasteiger partial charge in [-0.1, -0.05) is 6.92 Å². The van der Waals surface area contributed by atoms with Gasteiger partial charge in [0.15, 0.2) is 0 Å². The summed E-state index contributed by atoms with van der Waals surface area (Å²) in [4.78, 5) is 25.0. The third kappa shape index (κ3) is 2.95. The van der Waals surface area contributed by atoms with Gasteiger partial charge in [0.25, 0.3) is 0 Å². The molecule has 1 aliphatic heterocycles. The fraction of sp³-hybridized carbons (Fsp3) is 0.571. The number of nitrogens with zero attached hydrogens (tertiary/aromatic N) is 1. The topological polar surface area (TPSA) is 88.6 Å². The Bertz CT molecular complexity index is 498. The average Bonchev–Trinajstić information content (AvgIpc) is 3.05. The van der Waals surface area contributed by atoms with Crippen LogP contribution in [0.2, 0.25) is 0 Å². The van der Waals surface area contributed by atoms with Gasteiger partial charge in [-0.3, -0.25) is 4.79 Å². The molecule has 2 rings (SSSR count). The van der Waals surface area contributed by atoms with E-state index < -0.39 is 12.1 Å². The van der Waals surface area contributed by atoms with Crippen LogP contribution >= 0.6 is 0 Å². The Labute approximate surface area is 118 Å². The highest BCUT2D eigenvalue weighted by Gasteiger charge is 2.34. The molecule has 1 aliphatic rings. The van der Waals surface area contributed by atoms with Gasteiger partial charge >= 0.3 is 6.03 Å². The lowest BCUT2D eigenvalue weighted by atomic mass is 10.1. The molecule has 0 aromatic carbocycles. The van der Waals surface area contributed by atoms with Crippen molar-refractivity contribution in [3.63, 3.8) is 0 Å². The van der Waals surface area contributed by atoms with Crippen LogP contribution < -0.4 is 11.1 Å². The maximum absolute atomic E-state index is 12.4. The van der Waals surface area contributed by atoms with Crippen LogP contribution in [0.5, 0.6) is 0 Å². The molecule has 0 spiro atoms. The van der Waals surface area contributed by atoms with Gasteiger partial charge in [-0.25, -0.2) is 4.79 Å². The zero-order valence-corrected chi connectivity index (χ0v) is 11.9. The second-order valence-corrected chi connectivity index (χ2v) is 5.08. The van der Waals surface area contributed by atoms with Crippen molar-refractivity contribution >= 4 is 11.9 Å². The van der Waals surface area contributed by atoms with E-state index in [1.807, 2.05) is 19.1 Å². The summed E-state index contributed by atoms with van der Waals surface area (Å²) in [5.74, 6) is 1.61. The van der Waals surface area contributed by atoms with E-state index in [4.69, 9.17) is 10.2 Å². The summed E-state index contributed by atoms with van der Waals surface area (Å²) >= 11 is 0. The first-order valence-corrected chi connectivity index (χ1v) is 6.98. The van der Waals surface area contributed by atoms with Crippen molar-refractivity contribution in [3.8, 4) is 0 Å². The van der Waals surface area contributed by atoms with E-state index in [-0.39, 0.29) is 11.9 Å². The van der Waals surface area contributed by atoms with Crippen molar-refractivity contribution in [2.75, 3.05) is 6.54 Å². The van der Waals surface area contributed by atoms with Crippen molar-refractivity contribution in [1.82, 2.24) is 10.2 Å². The number of carbonyl (C=O) groups excluding carboxylic acids is 2. The normalized spacial score (nSPS) is 19.9. The Hall–Kier alpha value is -1.98. The van der Waals surface area contributed by atoms with Crippen molar-refractivity contribution in [2.24, 2.45) is 5.73 Å². The largest absolute Gasteiger partial charge is 0.464 e. The van der Waals surface area contributed by atoms with Crippen molar-refractivity contribution in [3.05, 3.63) is 23.7 Å². The van der Waals surface area contributed by atoms with Gasteiger partial charge in [0, 0.05) is 13.0 Å². The molecule has 0 saturated carbocycles. The molecule has 3 N–H and O–H groups in total. The fourth-order valence-electron chi connectivity index (χ4n) is 2.61. The molecule has 1 saturated heterocycles. The lowest BCUT2D eigenvalue weighted by Gasteiger charge is -2.26. The minimum absolute atomic E-state index is 0.0417. The molecule has 1 aromatic heterocycles. The highest BCUT2D eigenvalue weighted by Crippen LogP contribution is 2.33. The SMILES string of the molecule is CCc1ccc([C@@H]2CCCN2C(=O)[C@@H](C)NC(N)=O)o1. The smallest absolute Gasteiger partial charge is 0.312 e. The molecule has 20 heavy (non-hydrogen) atoms. The molecule has 0 radical (unpaired) electrons. The molecule has 110 valence electrons. The van der Waals surface area contributed by atoms with Crippen LogP contribution in [0.15, 0.2) is 16.5 Å². The summed E-state index contributed by atoms with van der Waals surface area (Å²) < 4.78 is 5.75. The van der Waals surface area contributed by atoms with Gasteiger partial charge < -0.3 is 20.4 Å². The minimum Gasteiger partial charge on any atom is -0.464 e. The summed E-state index contributed by atoms with van der Waals surface area (Å²) in [5.41, 5.74) is 5.06. The Kier molecular flexibility index (Phi) is 4.32. The predicted molar refractivity (Wildman–Crippen MR) is 74.0 cm³/mol. The molecule has 1 aromatic rings. The third-order valence-corrected chi connectivity index (χ3v) is 3.62. The van der Waals surface area contributed by atoms with E-state index in [0.29, 0.717) is 6.54 Å². The van der Waals surface area contributed by atoms with Crippen molar-refractivity contribution < 1.29 is 14.0 Å². The summed E-state index contributed by atoms with van der Waals surface area (Å²) in [6.07, 6.45) is 2.65. The summed E-state index contributed by atoms with van der Waals surface area (Å²) in [5, 5.41) is 2.42. The van der Waals surface area contributed by atoms with E-state index >= 15 is 0 Å². The van der Waals surface area contributed by atoms with Crippen LogP contribution in [-0.4, -0.2) is 29.4 Å². The van der Waals surface area contributed by atoms with E-state index in [9.17, 15) is 9.59 Å². The standard InChI is InChI=1S/C14H21N3O3/c1-3-10-6-7-12(20-10)11-5-4-8-17(11)13(18)9(2)16-14(15)19/h6-7,9,11H,3-5,8H2,1-2H3,(H3,15,16,19)/t9-,11+/m1/s1. The minimum atomic E-state index is -0.687. The van der Waals surface area contributed by atoms with E-state index in [1.165, 1.54) is 0 Å². The van der Waals surface area contributed by atoms with Crippen LogP contribution in [0.25, 0.3) is 0 Å². The molecule has 2 atom stereocenters. The molecule has 6 nitrogen and oxygen atoms in total. The van der Waals surface area contributed by atoms with Gasteiger partial charge in [0.2, 0.25) is 5.91 Å². The van der Waals surface area contributed by atoms with Crippen LogP contribution in [0.3, 0.4) is 0 Å². The monoisotopic (exact) mass is 279 g/mol. The average molecular weight is 279 g/mol. The number of nitrogens with two attached hydrogens (primary N) is 1. The van der Waals surface area contributed by atoms with Gasteiger partial charge in [-0.15, -0.1) is 0 Å². The van der Waals surface area contributed by atoms with E-state index in [2.05, 4.69) is 5.32 Å². The first-order valence-electron chi connectivity index (χ1n) is 6.98. The van der Waals surface area contributed by atoms with Crippen LogP contribution in [0.4, 0.5) is 4.79 Å². The predicted octanol–water partition coefficient (Wildman–Crippen LogP) is 1.56. The van der Waals surface area contributed by atoms with Crippen molar-refractivity contribution in [1.29, 1.82) is 0 Å². The molecule has 0 aliphatic carbocycles. The van der Waals surface area contributed by atoms with E-state index in [0.717, 1.165) is 30.8 Å². The molecule has 0 bridgehead atoms. The summed E-state index contributed by atoms with van der Waals surface area (Å²) in [6, 6.07) is 2.53. The zero-order valence-electron chi connectivity index (χ0n) is 11.9. The number of hydrogen-bond acceptors (Lipinski definition) is 3.